The molecular formula is C16H20BF2NO3. The van der Waals surface area contributed by atoms with Crippen molar-refractivity contribution in [1.82, 2.24) is 4.90 Å². The summed E-state index contributed by atoms with van der Waals surface area (Å²) in [6.45, 7) is 7.69. The Bertz CT molecular complexity index is 628. The van der Waals surface area contributed by atoms with E-state index in [2.05, 4.69) is 0 Å². The lowest BCUT2D eigenvalue weighted by molar-refractivity contribution is 0.00578. The zero-order valence-electron chi connectivity index (χ0n) is 13.7. The molecule has 2 aliphatic heterocycles. The van der Waals surface area contributed by atoms with Gasteiger partial charge in [-0.25, -0.2) is 8.78 Å². The van der Waals surface area contributed by atoms with Crippen LogP contribution in [-0.2, 0) is 9.31 Å². The van der Waals surface area contributed by atoms with E-state index in [-0.39, 0.29) is 30.0 Å². The second-order valence-corrected chi connectivity index (χ2v) is 7.13. The van der Waals surface area contributed by atoms with Gasteiger partial charge in [-0.3, -0.25) is 4.79 Å². The molecule has 2 aliphatic rings. The third-order valence-electron chi connectivity index (χ3n) is 4.88. The fourth-order valence-corrected chi connectivity index (χ4v) is 2.59. The van der Waals surface area contributed by atoms with Crippen molar-refractivity contribution in [3.05, 3.63) is 29.6 Å². The van der Waals surface area contributed by atoms with Gasteiger partial charge in [0.2, 0.25) is 0 Å². The maximum atomic E-state index is 14.4. The first-order chi connectivity index (χ1) is 10.6. The Labute approximate surface area is 134 Å². The molecule has 1 aromatic rings. The number of benzene rings is 1. The van der Waals surface area contributed by atoms with Gasteiger partial charge in [0.05, 0.1) is 24.3 Å². The van der Waals surface area contributed by atoms with Crippen LogP contribution in [-0.4, -0.2) is 48.4 Å². The maximum absolute atomic E-state index is 14.4. The number of likely N-dealkylation sites (tertiary alicyclic amines) is 1. The molecule has 2 saturated heterocycles. The lowest BCUT2D eigenvalue weighted by Gasteiger charge is -2.34. The molecule has 0 atom stereocenters. The van der Waals surface area contributed by atoms with Gasteiger partial charge in [0, 0.05) is 11.0 Å². The summed E-state index contributed by atoms with van der Waals surface area (Å²) in [7, 11) is -0.816. The van der Waals surface area contributed by atoms with Crippen LogP contribution in [0.25, 0.3) is 0 Å². The molecule has 0 N–H and O–H groups in total. The Morgan fingerprint density at radius 3 is 2.26 bits per heavy atom. The molecule has 0 unspecified atom stereocenters. The summed E-state index contributed by atoms with van der Waals surface area (Å²) in [6, 6.07) is 4.18. The molecule has 4 nitrogen and oxygen atoms in total. The minimum absolute atomic E-state index is 0.0689. The summed E-state index contributed by atoms with van der Waals surface area (Å²) < 4.78 is 38.9. The van der Waals surface area contributed by atoms with Gasteiger partial charge in [-0.1, -0.05) is 6.07 Å². The quantitative estimate of drug-likeness (QED) is 0.781. The molecule has 1 amide bonds. The summed E-state index contributed by atoms with van der Waals surface area (Å²) in [4.78, 5) is 13.4. The van der Waals surface area contributed by atoms with Crippen LogP contribution in [0.4, 0.5) is 8.78 Å². The first-order valence-corrected chi connectivity index (χ1v) is 7.69. The molecule has 2 heterocycles. The summed E-state index contributed by atoms with van der Waals surface area (Å²) in [5, 5.41) is 0. The van der Waals surface area contributed by atoms with E-state index in [9.17, 15) is 13.6 Å². The number of alkyl halides is 1. The van der Waals surface area contributed by atoms with Crippen molar-refractivity contribution < 1.29 is 22.9 Å². The highest BCUT2D eigenvalue weighted by Gasteiger charge is 2.52. The van der Waals surface area contributed by atoms with Gasteiger partial charge in [-0.05, 0) is 39.8 Å². The molecule has 0 bridgehead atoms. The van der Waals surface area contributed by atoms with Crippen LogP contribution < -0.4 is 5.46 Å². The van der Waals surface area contributed by atoms with Crippen molar-refractivity contribution in [2.24, 2.45) is 0 Å². The predicted octanol–water partition coefficient (Wildman–Crippen LogP) is 1.92. The number of nitrogens with zero attached hydrogens (tertiary/aromatic N) is 1. The average molecular weight is 323 g/mol. The van der Waals surface area contributed by atoms with Crippen molar-refractivity contribution in [3.63, 3.8) is 0 Å². The fourth-order valence-electron chi connectivity index (χ4n) is 2.59. The Hall–Kier alpha value is -1.47. The topological polar surface area (TPSA) is 38.8 Å². The fraction of sp³-hybridized carbons (Fsp3) is 0.562. The SMILES string of the molecule is CC1(C)OB(c2ccc(C(=O)N3CC(F)C3)cc2F)OC1(C)C. The second kappa shape index (κ2) is 5.28. The van der Waals surface area contributed by atoms with Gasteiger partial charge in [0.25, 0.3) is 5.91 Å². The van der Waals surface area contributed by atoms with E-state index in [4.69, 9.17) is 9.31 Å². The van der Waals surface area contributed by atoms with E-state index in [0.717, 1.165) is 6.07 Å². The zero-order valence-corrected chi connectivity index (χ0v) is 13.7. The number of hydrogen-bond donors (Lipinski definition) is 0. The van der Waals surface area contributed by atoms with Gasteiger partial charge in [-0.15, -0.1) is 0 Å². The van der Waals surface area contributed by atoms with E-state index >= 15 is 0 Å². The lowest BCUT2D eigenvalue weighted by atomic mass is 9.78. The van der Waals surface area contributed by atoms with Gasteiger partial charge in [0.15, 0.2) is 0 Å². The van der Waals surface area contributed by atoms with Gasteiger partial charge >= 0.3 is 7.12 Å². The largest absolute Gasteiger partial charge is 0.497 e. The summed E-state index contributed by atoms with van der Waals surface area (Å²) >= 11 is 0. The monoisotopic (exact) mass is 323 g/mol. The molecule has 0 saturated carbocycles. The van der Waals surface area contributed by atoms with Crippen molar-refractivity contribution in [2.75, 3.05) is 13.1 Å². The van der Waals surface area contributed by atoms with Crippen molar-refractivity contribution >= 4 is 18.5 Å². The number of carbonyl (C=O) groups is 1. The summed E-state index contributed by atoms with van der Waals surface area (Å²) in [5.41, 5.74) is -0.666. The number of hydrogen-bond acceptors (Lipinski definition) is 3. The van der Waals surface area contributed by atoms with Crippen molar-refractivity contribution in [3.8, 4) is 0 Å². The molecule has 3 rings (SSSR count). The van der Waals surface area contributed by atoms with Crippen LogP contribution in [0.5, 0.6) is 0 Å². The normalized spacial score (nSPS) is 23.0. The van der Waals surface area contributed by atoms with Crippen LogP contribution in [0.1, 0.15) is 38.1 Å². The molecule has 23 heavy (non-hydrogen) atoms. The minimum Gasteiger partial charge on any atom is -0.399 e. The number of halogens is 2. The minimum atomic E-state index is -0.979. The third kappa shape index (κ3) is 2.76. The van der Waals surface area contributed by atoms with Crippen molar-refractivity contribution in [1.29, 1.82) is 0 Å². The third-order valence-corrected chi connectivity index (χ3v) is 4.88. The molecule has 2 fully saturated rings. The van der Waals surface area contributed by atoms with Crippen LogP contribution in [0.2, 0.25) is 0 Å². The lowest BCUT2D eigenvalue weighted by Crippen LogP contribution is -2.51. The Balaban J connectivity index is 1.80. The number of rotatable bonds is 2. The Morgan fingerprint density at radius 2 is 1.78 bits per heavy atom. The standard InChI is InChI=1S/C16H20BF2NO3/c1-15(2)16(3,4)23-17(22-15)12-6-5-10(7-13(12)19)14(21)20-8-11(18)9-20/h5-7,11H,8-9H2,1-4H3. The Kier molecular flexibility index (Phi) is 3.76. The van der Waals surface area contributed by atoms with Gasteiger partial charge in [0.1, 0.15) is 12.0 Å². The highest BCUT2D eigenvalue weighted by atomic mass is 19.1. The predicted molar refractivity (Wildman–Crippen MR) is 82.9 cm³/mol. The van der Waals surface area contributed by atoms with Crippen molar-refractivity contribution in [2.45, 2.75) is 45.1 Å². The highest BCUT2D eigenvalue weighted by Crippen LogP contribution is 2.36. The van der Waals surface area contributed by atoms with E-state index in [1.165, 1.54) is 17.0 Å². The van der Waals surface area contributed by atoms with Crippen LogP contribution in [0.15, 0.2) is 18.2 Å². The molecule has 0 aliphatic carbocycles. The van der Waals surface area contributed by atoms with Crippen LogP contribution >= 0.6 is 0 Å². The zero-order chi connectivity index (χ0) is 17.0. The number of amides is 1. The average Bonchev–Trinajstić information content (AvgIpc) is 2.62. The molecular weight excluding hydrogens is 303 g/mol. The highest BCUT2D eigenvalue weighted by molar-refractivity contribution is 6.62. The van der Waals surface area contributed by atoms with E-state index < -0.39 is 30.3 Å². The molecule has 1 aromatic carbocycles. The molecule has 124 valence electrons. The smallest absolute Gasteiger partial charge is 0.399 e. The van der Waals surface area contributed by atoms with E-state index in [1.54, 1.807) is 0 Å². The van der Waals surface area contributed by atoms with E-state index in [1.807, 2.05) is 27.7 Å². The Morgan fingerprint density at radius 1 is 1.22 bits per heavy atom. The number of carbonyl (C=O) groups excluding carboxylic acids is 1. The van der Waals surface area contributed by atoms with Crippen LogP contribution in [0.3, 0.4) is 0 Å². The molecule has 0 radical (unpaired) electrons. The maximum Gasteiger partial charge on any atom is 0.497 e. The first-order valence-electron chi connectivity index (χ1n) is 7.69. The second-order valence-electron chi connectivity index (χ2n) is 7.13. The van der Waals surface area contributed by atoms with Crippen LogP contribution in [0, 0.1) is 5.82 Å². The summed E-state index contributed by atoms with van der Waals surface area (Å²) in [6.07, 6.45) is -0.979. The van der Waals surface area contributed by atoms with Gasteiger partial charge < -0.3 is 14.2 Å². The molecule has 0 spiro atoms. The molecule has 0 aromatic heterocycles. The summed E-state index contributed by atoms with van der Waals surface area (Å²) in [5.74, 6) is -0.926. The molecule has 7 heteroatoms. The van der Waals surface area contributed by atoms with Gasteiger partial charge in [-0.2, -0.15) is 0 Å². The van der Waals surface area contributed by atoms with E-state index in [0.29, 0.717) is 0 Å². The first kappa shape index (κ1) is 16.4.